The minimum absolute atomic E-state index is 0.182. The maximum atomic E-state index is 12.6. The van der Waals surface area contributed by atoms with Gasteiger partial charge in [-0.25, -0.2) is 0 Å². The predicted octanol–water partition coefficient (Wildman–Crippen LogP) is 3.98. The van der Waals surface area contributed by atoms with Crippen LogP contribution in [0, 0.1) is 0 Å². The first-order chi connectivity index (χ1) is 7.98. The highest BCUT2D eigenvalue weighted by atomic mass is 32.1. The van der Waals surface area contributed by atoms with Gasteiger partial charge in [0.05, 0.1) is 10.4 Å². The van der Waals surface area contributed by atoms with E-state index in [-0.39, 0.29) is 5.78 Å². The molecule has 0 amide bonds. The molecule has 0 radical (unpaired) electrons. The third kappa shape index (κ3) is 1.42. The average molecular weight is 254 g/mol. The van der Waals surface area contributed by atoms with Gasteiger partial charge in [-0.05, 0) is 35.2 Å². The number of halogens is 3. The Morgan fingerprint density at radius 1 is 1.00 bits per heavy atom. The van der Waals surface area contributed by atoms with Crippen molar-refractivity contribution in [2.24, 2.45) is 0 Å². The van der Waals surface area contributed by atoms with Crippen molar-refractivity contribution in [3.05, 3.63) is 45.6 Å². The molecule has 0 atom stereocenters. The van der Waals surface area contributed by atoms with E-state index in [9.17, 15) is 18.0 Å². The summed E-state index contributed by atoms with van der Waals surface area (Å²) in [6, 6.07) is 4.94. The largest absolute Gasteiger partial charge is 0.416 e. The fourth-order valence-electron chi connectivity index (χ4n) is 1.96. The van der Waals surface area contributed by atoms with Crippen LogP contribution in [0.2, 0.25) is 0 Å². The molecule has 0 saturated carbocycles. The molecule has 0 bridgehead atoms. The van der Waals surface area contributed by atoms with E-state index in [1.54, 1.807) is 11.4 Å². The number of fused-ring (bicyclic) bond motifs is 3. The molecule has 17 heavy (non-hydrogen) atoms. The topological polar surface area (TPSA) is 17.1 Å². The molecule has 0 N–H and O–H groups in total. The van der Waals surface area contributed by atoms with Gasteiger partial charge in [-0.3, -0.25) is 4.79 Å². The van der Waals surface area contributed by atoms with Crippen molar-refractivity contribution in [3.8, 4) is 11.1 Å². The van der Waals surface area contributed by atoms with Gasteiger partial charge in [0.15, 0.2) is 0 Å². The smallest absolute Gasteiger partial charge is 0.288 e. The summed E-state index contributed by atoms with van der Waals surface area (Å²) in [5.74, 6) is -0.182. The van der Waals surface area contributed by atoms with E-state index < -0.39 is 11.7 Å². The minimum atomic E-state index is -4.38. The standard InChI is InChI=1S/C12H5F3OS/c13-12(14,15)6-1-2-7-9(5-6)8-3-4-17-11(8)10(7)16/h1-5H. The van der Waals surface area contributed by atoms with Gasteiger partial charge in [0, 0.05) is 11.1 Å². The Labute approximate surface area is 98.5 Å². The maximum absolute atomic E-state index is 12.6. The molecule has 2 aromatic rings. The summed E-state index contributed by atoms with van der Waals surface area (Å²) in [4.78, 5) is 12.4. The second-order valence-electron chi connectivity index (χ2n) is 3.75. The summed E-state index contributed by atoms with van der Waals surface area (Å²) in [6.07, 6.45) is -4.38. The lowest BCUT2D eigenvalue weighted by Gasteiger charge is -2.08. The summed E-state index contributed by atoms with van der Waals surface area (Å²) < 4.78 is 37.7. The Balaban J connectivity index is 2.25. The van der Waals surface area contributed by atoms with E-state index in [0.717, 1.165) is 12.1 Å². The summed E-state index contributed by atoms with van der Waals surface area (Å²) >= 11 is 1.26. The molecule has 1 aromatic carbocycles. The zero-order valence-corrected chi connectivity index (χ0v) is 9.15. The number of carbonyl (C=O) groups is 1. The predicted molar refractivity (Wildman–Crippen MR) is 58.2 cm³/mol. The van der Waals surface area contributed by atoms with Crippen molar-refractivity contribution in [2.75, 3.05) is 0 Å². The van der Waals surface area contributed by atoms with E-state index >= 15 is 0 Å². The third-order valence-corrected chi connectivity index (χ3v) is 3.67. The van der Waals surface area contributed by atoms with Gasteiger partial charge in [0.1, 0.15) is 0 Å². The molecule has 1 aliphatic rings. The van der Waals surface area contributed by atoms with Crippen molar-refractivity contribution < 1.29 is 18.0 Å². The van der Waals surface area contributed by atoms with Crippen LogP contribution in [-0.4, -0.2) is 5.78 Å². The molecule has 1 nitrogen and oxygen atoms in total. The number of benzene rings is 1. The fraction of sp³-hybridized carbons (Fsp3) is 0.0833. The van der Waals surface area contributed by atoms with Crippen molar-refractivity contribution in [1.82, 2.24) is 0 Å². The van der Waals surface area contributed by atoms with E-state index in [1.807, 2.05) is 0 Å². The molecule has 1 heterocycles. The van der Waals surface area contributed by atoms with Crippen LogP contribution in [0.5, 0.6) is 0 Å². The second-order valence-corrected chi connectivity index (χ2v) is 4.67. The van der Waals surface area contributed by atoms with Crippen molar-refractivity contribution in [1.29, 1.82) is 0 Å². The first-order valence-electron chi connectivity index (χ1n) is 4.82. The number of alkyl halides is 3. The number of ketones is 1. The lowest BCUT2D eigenvalue weighted by Crippen LogP contribution is -2.05. The van der Waals surface area contributed by atoms with Crippen LogP contribution in [0.3, 0.4) is 0 Å². The normalized spacial score (nSPS) is 13.7. The molecular weight excluding hydrogens is 249 g/mol. The highest BCUT2D eigenvalue weighted by molar-refractivity contribution is 7.13. The molecule has 3 rings (SSSR count). The summed E-state index contributed by atoms with van der Waals surface area (Å²) in [7, 11) is 0. The fourth-order valence-corrected chi connectivity index (χ4v) is 2.82. The van der Waals surface area contributed by atoms with Crippen LogP contribution in [0.25, 0.3) is 11.1 Å². The Morgan fingerprint density at radius 3 is 2.47 bits per heavy atom. The van der Waals surface area contributed by atoms with Crippen molar-refractivity contribution in [2.45, 2.75) is 6.18 Å². The molecule has 86 valence electrons. The highest BCUT2D eigenvalue weighted by Crippen LogP contribution is 2.42. The van der Waals surface area contributed by atoms with Crippen LogP contribution in [0.4, 0.5) is 13.2 Å². The molecule has 5 heteroatoms. The Kier molecular flexibility index (Phi) is 1.98. The quantitative estimate of drug-likeness (QED) is 0.593. The van der Waals surface area contributed by atoms with Gasteiger partial charge < -0.3 is 0 Å². The van der Waals surface area contributed by atoms with Gasteiger partial charge in [-0.2, -0.15) is 13.2 Å². The number of hydrogen-bond donors (Lipinski definition) is 0. The zero-order chi connectivity index (χ0) is 12.2. The summed E-state index contributed by atoms with van der Waals surface area (Å²) in [5.41, 5.74) is 0.644. The molecule has 1 aliphatic carbocycles. The van der Waals surface area contributed by atoms with Crippen LogP contribution in [-0.2, 0) is 6.18 Å². The van der Waals surface area contributed by atoms with Gasteiger partial charge in [0.2, 0.25) is 5.78 Å². The average Bonchev–Trinajstić information content (AvgIpc) is 2.82. The number of rotatable bonds is 0. The molecule has 0 fully saturated rings. The highest BCUT2D eigenvalue weighted by Gasteiger charge is 2.34. The van der Waals surface area contributed by atoms with Gasteiger partial charge in [0.25, 0.3) is 0 Å². The molecule has 0 spiro atoms. The first kappa shape index (κ1) is 10.5. The number of thiophene rings is 1. The lowest BCUT2D eigenvalue weighted by atomic mass is 10.0. The van der Waals surface area contributed by atoms with Crippen molar-refractivity contribution in [3.63, 3.8) is 0 Å². The van der Waals surface area contributed by atoms with Gasteiger partial charge >= 0.3 is 6.18 Å². The van der Waals surface area contributed by atoms with Crippen LogP contribution in [0.1, 0.15) is 20.8 Å². The van der Waals surface area contributed by atoms with Crippen molar-refractivity contribution >= 4 is 17.1 Å². The van der Waals surface area contributed by atoms with E-state index in [4.69, 9.17) is 0 Å². The van der Waals surface area contributed by atoms with Crippen LogP contribution >= 0.6 is 11.3 Å². The molecular formula is C12H5F3OS. The maximum Gasteiger partial charge on any atom is 0.416 e. The SMILES string of the molecule is O=C1c2ccc(C(F)(F)F)cc2-c2ccsc21. The third-order valence-electron chi connectivity index (χ3n) is 2.75. The van der Waals surface area contributed by atoms with E-state index in [0.29, 0.717) is 21.6 Å². The van der Waals surface area contributed by atoms with E-state index in [2.05, 4.69) is 0 Å². The summed E-state index contributed by atoms with van der Waals surface area (Å²) in [5, 5.41) is 1.71. The molecule has 0 aliphatic heterocycles. The number of carbonyl (C=O) groups excluding carboxylic acids is 1. The summed E-state index contributed by atoms with van der Waals surface area (Å²) in [6.45, 7) is 0. The second kappa shape index (κ2) is 3.20. The van der Waals surface area contributed by atoms with Crippen LogP contribution in [0.15, 0.2) is 29.6 Å². The zero-order valence-electron chi connectivity index (χ0n) is 8.34. The Hall–Kier alpha value is -1.62. The monoisotopic (exact) mass is 254 g/mol. The molecule has 1 aromatic heterocycles. The van der Waals surface area contributed by atoms with E-state index in [1.165, 1.54) is 17.4 Å². The Bertz CT molecular complexity index is 625. The molecule has 0 unspecified atom stereocenters. The first-order valence-corrected chi connectivity index (χ1v) is 5.70. The number of hydrogen-bond acceptors (Lipinski definition) is 2. The van der Waals surface area contributed by atoms with Gasteiger partial charge in [-0.1, -0.05) is 0 Å². The minimum Gasteiger partial charge on any atom is -0.288 e. The molecule has 0 saturated heterocycles. The van der Waals surface area contributed by atoms with Crippen LogP contribution < -0.4 is 0 Å². The lowest BCUT2D eigenvalue weighted by molar-refractivity contribution is -0.137. The van der Waals surface area contributed by atoms with Gasteiger partial charge in [-0.15, -0.1) is 11.3 Å². The Morgan fingerprint density at radius 2 is 1.76 bits per heavy atom.